The fourth-order valence-electron chi connectivity index (χ4n) is 8.98. The molecule has 0 saturated carbocycles. The van der Waals surface area contributed by atoms with Gasteiger partial charge < -0.3 is 16.0 Å². The average molecular weight is 943 g/mol. The summed E-state index contributed by atoms with van der Waals surface area (Å²) in [5.74, 6) is 0.439. The van der Waals surface area contributed by atoms with Crippen LogP contribution in [-0.4, -0.2) is 18.1 Å². The predicted molar refractivity (Wildman–Crippen MR) is 314 cm³/mol. The number of rotatable bonds is 51. The van der Waals surface area contributed by atoms with E-state index < -0.39 is 0 Å². The summed E-state index contributed by atoms with van der Waals surface area (Å²) in [4.78, 5) is 0. The van der Waals surface area contributed by atoms with Crippen molar-refractivity contribution >= 4 is 0 Å². The van der Waals surface area contributed by atoms with E-state index in [2.05, 4.69) is 117 Å². The van der Waals surface area contributed by atoms with Crippen LogP contribution in [0.5, 0.6) is 0 Å². The summed E-state index contributed by atoms with van der Waals surface area (Å²) in [6, 6.07) is 0.766. The molecule has 0 rings (SSSR count). The van der Waals surface area contributed by atoms with Crippen LogP contribution in [0, 0.1) is 5.92 Å². The molecule has 3 nitrogen and oxygen atoms in total. The van der Waals surface area contributed by atoms with Crippen LogP contribution < -0.4 is 16.0 Å². The van der Waals surface area contributed by atoms with Gasteiger partial charge in [-0.1, -0.05) is 255 Å². The molecule has 68 heavy (non-hydrogen) atoms. The summed E-state index contributed by atoms with van der Waals surface area (Å²) in [6.07, 6.45) is 52.0. The molecule has 0 radical (unpaired) electrons. The van der Waals surface area contributed by atoms with Crippen molar-refractivity contribution in [2.75, 3.05) is 0 Å². The molecule has 0 aliphatic rings. The van der Waals surface area contributed by atoms with Crippen molar-refractivity contribution in [1.29, 1.82) is 0 Å². The number of unbranched alkanes of at least 4 members (excludes halogenated alkanes) is 26. The van der Waals surface area contributed by atoms with Crippen molar-refractivity contribution < 1.29 is 0 Å². The standard InChI is InChI=1S/C48H85N3.C17H34/c1-14-49-46(40(6)7)37-35-44(12)51-48(45(13)39(4)5)33-29-25-27-31-42(10)34-36-47(41(8)9)50-43(11)32-28-24-22-20-18-16-15-17-19-21-23-26-30-38(2)3;1-3-5-7-9-11-13-15-17-16-14-12-10-8-6-4-2/h14,39,46-51H,1-2,6,8,10-13,15-37H2,3-5,7,9H3;3H,1,4-17H2,2H3. The van der Waals surface area contributed by atoms with Crippen LogP contribution in [0.1, 0.15) is 279 Å². The lowest BCUT2D eigenvalue weighted by Gasteiger charge is -2.27. The molecule has 0 aliphatic heterocycles. The minimum absolute atomic E-state index is 0.225. The Morgan fingerprint density at radius 3 is 1.25 bits per heavy atom. The quantitative estimate of drug-likeness (QED) is 0.0420. The largest absolute Gasteiger partial charge is 0.385 e. The highest BCUT2D eigenvalue weighted by molar-refractivity contribution is 5.13. The van der Waals surface area contributed by atoms with E-state index in [1.807, 2.05) is 6.08 Å². The van der Waals surface area contributed by atoms with E-state index in [0.29, 0.717) is 5.92 Å². The SMILES string of the molecule is C=CCCCCCCCCCCCCCCC.C=CNC(CCC(=C)NC(CCCCCC(=C)CCC(NC(=C)CCCCCCCCCCCCCCC(=C)C)C(=C)C)C(=C)C(C)C)C(=C)C. The second-order valence-corrected chi connectivity index (χ2v) is 21.4. The van der Waals surface area contributed by atoms with Crippen molar-refractivity contribution in [3.05, 3.63) is 111 Å². The first-order valence-electron chi connectivity index (χ1n) is 28.9. The Morgan fingerprint density at radius 1 is 0.412 bits per heavy atom. The summed E-state index contributed by atoms with van der Waals surface area (Å²) < 4.78 is 0. The van der Waals surface area contributed by atoms with E-state index in [1.54, 1.807) is 6.20 Å². The van der Waals surface area contributed by atoms with Gasteiger partial charge in [0.15, 0.2) is 0 Å². The Balaban J connectivity index is 0. The number of allylic oxidation sites excluding steroid dienone is 5. The highest BCUT2D eigenvalue weighted by Crippen LogP contribution is 2.23. The summed E-state index contributed by atoms with van der Waals surface area (Å²) in [5, 5.41) is 10.7. The zero-order chi connectivity index (χ0) is 51.0. The van der Waals surface area contributed by atoms with Gasteiger partial charge >= 0.3 is 0 Å². The molecule has 0 spiro atoms. The lowest BCUT2D eigenvalue weighted by Crippen LogP contribution is -2.32. The molecule has 0 aromatic heterocycles. The van der Waals surface area contributed by atoms with Gasteiger partial charge in [-0.2, -0.15) is 0 Å². The van der Waals surface area contributed by atoms with Gasteiger partial charge in [0.1, 0.15) is 0 Å². The van der Waals surface area contributed by atoms with E-state index in [1.165, 1.54) is 215 Å². The van der Waals surface area contributed by atoms with Gasteiger partial charge in [0.2, 0.25) is 0 Å². The van der Waals surface area contributed by atoms with Crippen LogP contribution in [0.2, 0.25) is 0 Å². The summed E-state index contributed by atoms with van der Waals surface area (Å²) in [5.41, 5.74) is 8.48. The third-order valence-corrected chi connectivity index (χ3v) is 13.8. The van der Waals surface area contributed by atoms with Crippen molar-refractivity contribution in [1.82, 2.24) is 16.0 Å². The topological polar surface area (TPSA) is 36.1 Å². The highest BCUT2D eigenvalue weighted by atomic mass is 14.9. The van der Waals surface area contributed by atoms with Crippen molar-refractivity contribution in [2.45, 2.75) is 297 Å². The molecule has 3 atom stereocenters. The van der Waals surface area contributed by atoms with Crippen LogP contribution in [0.3, 0.4) is 0 Å². The summed E-state index contributed by atoms with van der Waals surface area (Å²) >= 11 is 0. The van der Waals surface area contributed by atoms with Crippen LogP contribution >= 0.6 is 0 Å². The Morgan fingerprint density at radius 2 is 0.809 bits per heavy atom. The molecule has 394 valence electrons. The molecular formula is C65H119N3. The molecule has 0 aromatic rings. The van der Waals surface area contributed by atoms with E-state index in [0.717, 1.165) is 61.9 Å². The lowest BCUT2D eigenvalue weighted by molar-refractivity contribution is 0.490. The van der Waals surface area contributed by atoms with E-state index in [4.69, 9.17) is 0 Å². The Kier molecular flexibility index (Phi) is 48.4. The average Bonchev–Trinajstić information content (AvgIpc) is 3.29. The van der Waals surface area contributed by atoms with Gasteiger partial charge in [-0.3, -0.25) is 0 Å². The third kappa shape index (κ3) is 45.5. The molecule has 0 bridgehead atoms. The number of nitrogens with one attached hydrogen (secondary N) is 3. The van der Waals surface area contributed by atoms with Gasteiger partial charge in [0.05, 0.1) is 0 Å². The van der Waals surface area contributed by atoms with Crippen molar-refractivity contribution in [2.24, 2.45) is 5.92 Å². The normalized spacial score (nSPS) is 12.3. The monoisotopic (exact) mass is 942 g/mol. The first-order valence-corrected chi connectivity index (χ1v) is 28.9. The zero-order valence-corrected chi connectivity index (χ0v) is 47.0. The fraction of sp³-hybridized carbons (Fsp3) is 0.723. The molecule has 0 heterocycles. The second kappa shape index (κ2) is 49.1. The van der Waals surface area contributed by atoms with Crippen LogP contribution in [0.4, 0.5) is 0 Å². The smallest absolute Gasteiger partial charge is 0.0470 e. The van der Waals surface area contributed by atoms with Gasteiger partial charge in [-0.25, -0.2) is 0 Å². The minimum Gasteiger partial charge on any atom is -0.385 e. The fourth-order valence-corrected chi connectivity index (χ4v) is 8.98. The van der Waals surface area contributed by atoms with Gasteiger partial charge in [0.25, 0.3) is 0 Å². The maximum absolute atomic E-state index is 4.44. The van der Waals surface area contributed by atoms with E-state index in [-0.39, 0.29) is 18.1 Å². The number of hydrogen-bond acceptors (Lipinski definition) is 3. The third-order valence-electron chi connectivity index (χ3n) is 13.8. The van der Waals surface area contributed by atoms with Gasteiger partial charge in [0, 0.05) is 29.5 Å². The Hall–Kier alpha value is -2.94. The zero-order valence-electron chi connectivity index (χ0n) is 47.0. The second-order valence-electron chi connectivity index (χ2n) is 21.4. The maximum atomic E-state index is 4.44. The molecule has 0 aliphatic carbocycles. The van der Waals surface area contributed by atoms with Crippen LogP contribution in [0.25, 0.3) is 0 Å². The summed E-state index contributed by atoms with van der Waals surface area (Å²) in [7, 11) is 0. The molecule has 3 N–H and O–H groups in total. The first-order chi connectivity index (χ1) is 32.7. The van der Waals surface area contributed by atoms with Crippen molar-refractivity contribution in [3.8, 4) is 0 Å². The van der Waals surface area contributed by atoms with Crippen LogP contribution in [-0.2, 0) is 0 Å². The number of hydrogen-bond donors (Lipinski definition) is 3. The Bertz CT molecular complexity index is 1310. The molecule has 0 amide bonds. The predicted octanol–water partition coefficient (Wildman–Crippen LogP) is 21.2. The molecular weight excluding hydrogens is 823 g/mol. The molecule has 0 fully saturated rings. The van der Waals surface area contributed by atoms with Crippen molar-refractivity contribution in [3.63, 3.8) is 0 Å². The van der Waals surface area contributed by atoms with E-state index >= 15 is 0 Å². The molecule has 0 aromatic carbocycles. The summed E-state index contributed by atoms with van der Waals surface area (Å²) in [6.45, 7) is 50.6. The lowest BCUT2D eigenvalue weighted by atomic mass is 9.92. The van der Waals surface area contributed by atoms with Crippen LogP contribution in [0.15, 0.2) is 111 Å². The highest BCUT2D eigenvalue weighted by Gasteiger charge is 2.17. The Labute approximate surface area is 428 Å². The molecule has 3 unspecified atom stereocenters. The molecule has 0 saturated heterocycles. The van der Waals surface area contributed by atoms with E-state index in [9.17, 15) is 0 Å². The molecule has 3 heteroatoms. The minimum atomic E-state index is 0.225. The maximum Gasteiger partial charge on any atom is 0.0470 e. The van der Waals surface area contributed by atoms with Gasteiger partial charge in [-0.05, 0) is 116 Å². The van der Waals surface area contributed by atoms with Gasteiger partial charge in [-0.15, -0.1) is 13.2 Å². The first kappa shape index (κ1) is 67.1.